The summed E-state index contributed by atoms with van der Waals surface area (Å²) in [7, 11) is 1.40. The maximum absolute atomic E-state index is 13.9. The molecule has 45 heavy (non-hydrogen) atoms. The number of halogens is 9. The Kier molecular flexibility index (Phi) is 9.06. The number of benzene rings is 3. The summed E-state index contributed by atoms with van der Waals surface area (Å²) in [6.07, 6.45) is -13.3. The smallest absolute Gasteiger partial charge is 0.416 e. The third kappa shape index (κ3) is 7.13. The van der Waals surface area contributed by atoms with E-state index in [2.05, 4.69) is 10.3 Å². The fourth-order valence-electron chi connectivity index (χ4n) is 5.20. The van der Waals surface area contributed by atoms with E-state index in [4.69, 9.17) is 4.74 Å². The molecule has 240 valence electrons. The average Bonchev–Trinajstić information content (AvgIpc) is 3.25. The van der Waals surface area contributed by atoms with Crippen LogP contribution in [0.25, 0.3) is 11.1 Å². The third-order valence-corrected chi connectivity index (χ3v) is 7.55. The van der Waals surface area contributed by atoms with E-state index in [1.165, 1.54) is 25.0 Å². The Hall–Kier alpha value is -4.41. The first-order chi connectivity index (χ1) is 20.8. The van der Waals surface area contributed by atoms with Crippen molar-refractivity contribution in [1.82, 2.24) is 10.2 Å². The molecule has 0 amide bonds. The van der Waals surface area contributed by atoms with Crippen LogP contribution in [0.2, 0.25) is 0 Å². The lowest BCUT2D eigenvalue weighted by molar-refractivity contribution is -0.143. The van der Waals surface area contributed by atoms with Crippen LogP contribution >= 0.6 is 0 Å². The normalized spacial score (nSPS) is 17.4. The highest BCUT2D eigenvalue weighted by molar-refractivity contribution is 5.84. The number of alkyl halides is 9. The van der Waals surface area contributed by atoms with Crippen molar-refractivity contribution in [3.8, 4) is 23.1 Å². The van der Waals surface area contributed by atoms with E-state index >= 15 is 0 Å². The Morgan fingerprint density at radius 3 is 1.96 bits per heavy atom. The lowest BCUT2D eigenvalue weighted by atomic mass is 9.92. The van der Waals surface area contributed by atoms with E-state index in [0.717, 1.165) is 17.7 Å². The van der Waals surface area contributed by atoms with Gasteiger partial charge in [-0.2, -0.15) is 44.8 Å². The highest BCUT2D eigenvalue weighted by Crippen LogP contribution is 2.43. The predicted octanol–water partition coefficient (Wildman–Crippen LogP) is 8.91. The minimum Gasteiger partial charge on any atom is -0.496 e. The molecular weight excluding hydrogens is 615 g/mol. The van der Waals surface area contributed by atoms with E-state index in [9.17, 15) is 44.8 Å². The van der Waals surface area contributed by atoms with Gasteiger partial charge in [0.05, 0.1) is 35.9 Å². The predicted molar refractivity (Wildman–Crippen MR) is 148 cm³/mol. The van der Waals surface area contributed by atoms with Crippen LogP contribution in [0.3, 0.4) is 0 Å². The number of nitrogens with zero attached hydrogens (tertiary/aromatic N) is 3. The van der Waals surface area contributed by atoms with Crippen molar-refractivity contribution in [2.75, 3.05) is 7.11 Å². The van der Waals surface area contributed by atoms with Crippen LogP contribution in [0, 0.1) is 11.5 Å². The van der Waals surface area contributed by atoms with Gasteiger partial charge in [-0.05, 0) is 77.6 Å². The van der Waals surface area contributed by atoms with Crippen molar-refractivity contribution in [1.29, 1.82) is 5.26 Å². The van der Waals surface area contributed by atoms with Gasteiger partial charge < -0.3 is 9.64 Å². The molecule has 3 aromatic rings. The monoisotopic (exact) mass is 642 g/mol. The molecule has 3 aromatic carbocycles. The number of hydrogen-bond acceptors (Lipinski definition) is 5. The van der Waals surface area contributed by atoms with Crippen molar-refractivity contribution in [2.45, 2.75) is 63.8 Å². The maximum Gasteiger partial charge on any atom is 0.416 e. The van der Waals surface area contributed by atoms with Crippen LogP contribution in [0.4, 0.5) is 39.5 Å². The second-order valence-electron chi connectivity index (χ2n) is 10.8. The molecule has 1 aliphatic heterocycles. The van der Waals surface area contributed by atoms with Gasteiger partial charge in [0.1, 0.15) is 5.75 Å². The minimum absolute atomic E-state index is 0.00733. The zero-order valence-electron chi connectivity index (χ0n) is 24.3. The minimum atomic E-state index is -5.11. The van der Waals surface area contributed by atoms with E-state index in [1.54, 1.807) is 18.3 Å². The molecule has 0 saturated heterocycles. The van der Waals surface area contributed by atoms with Gasteiger partial charge in [-0.15, -0.1) is 0 Å². The molecule has 0 saturated carbocycles. The fraction of sp³-hybridized carbons (Fsp3) is 0.355. The largest absolute Gasteiger partial charge is 0.496 e. The first-order valence-electron chi connectivity index (χ1n) is 13.5. The maximum atomic E-state index is 13.9. The Labute approximate surface area is 252 Å². The van der Waals surface area contributed by atoms with Gasteiger partial charge in [0.2, 0.25) is 5.96 Å². The number of methoxy groups -OCH3 is 1. The van der Waals surface area contributed by atoms with Crippen LogP contribution in [-0.4, -0.2) is 24.0 Å². The quantitative estimate of drug-likeness (QED) is 0.166. The lowest BCUT2D eigenvalue weighted by Crippen LogP contribution is -2.40. The molecular formula is C31H27F9N4O. The standard InChI is InChI=1S/C31H27F9N4O/c1-16(2)18-5-8-26(45-4)25(12-18)24-7-6-21(29(32,33)34)11-20(24)14-44-17(3)27(43-28(44)42-15-41)19-9-22(30(35,36)37)13-23(10-19)31(38,39)40/h5-13,16-17,27H,14H2,1-4H3,(H,42,43). The molecule has 1 N–H and O–H groups in total. The highest BCUT2D eigenvalue weighted by atomic mass is 19.4. The zero-order chi connectivity index (χ0) is 33.5. The average molecular weight is 643 g/mol. The second-order valence-corrected chi connectivity index (χ2v) is 10.8. The molecule has 2 atom stereocenters. The number of guanidine groups is 1. The van der Waals surface area contributed by atoms with E-state index in [0.29, 0.717) is 29.0 Å². The van der Waals surface area contributed by atoms with Gasteiger partial charge in [-0.3, -0.25) is 5.32 Å². The summed E-state index contributed by atoms with van der Waals surface area (Å²) in [5.41, 5.74) is -2.72. The first-order valence-corrected chi connectivity index (χ1v) is 13.5. The van der Waals surface area contributed by atoms with Gasteiger partial charge in [0.25, 0.3) is 0 Å². The Balaban J connectivity index is 1.86. The number of aliphatic imine (C=N–C) groups is 1. The second kappa shape index (κ2) is 12.2. The Bertz CT molecular complexity index is 1600. The number of ether oxygens (including phenoxy) is 1. The molecule has 0 spiro atoms. The van der Waals surface area contributed by atoms with Crippen molar-refractivity contribution >= 4 is 5.96 Å². The molecule has 0 bridgehead atoms. The first kappa shape index (κ1) is 33.5. The number of nitriles is 1. The number of rotatable bonds is 6. The molecule has 14 heteroatoms. The van der Waals surface area contributed by atoms with Crippen LogP contribution in [0.15, 0.2) is 59.6 Å². The van der Waals surface area contributed by atoms with E-state index in [1.807, 2.05) is 19.9 Å². The van der Waals surface area contributed by atoms with Crippen molar-refractivity contribution in [2.24, 2.45) is 4.99 Å². The summed E-state index contributed by atoms with van der Waals surface area (Å²) in [5.74, 6) is 0.187. The number of hydrogen-bond donors (Lipinski definition) is 1. The molecule has 5 nitrogen and oxygen atoms in total. The molecule has 1 aliphatic rings. The summed E-state index contributed by atoms with van der Waals surface area (Å²) in [4.78, 5) is 5.56. The van der Waals surface area contributed by atoms with Gasteiger partial charge in [0.15, 0.2) is 6.19 Å². The van der Waals surface area contributed by atoms with Gasteiger partial charge >= 0.3 is 18.5 Å². The Morgan fingerprint density at radius 2 is 1.44 bits per heavy atom. The summed E-state index contributed by atoms with van der Waals surface area (Å²) >= 11 is 0. The van der Waals surface area contributed by atoms with Crippen molar-refractivity contribution in [3.63, 3.8) is 0 Å². The van der Waals surface area contributed by atoms with E-state index < -0.39 is 52.9 Å². The summed E-state index contributed by atoms with van der Waals surface area (Å²) in [6, 6.07) is 7.11. The van der Waals surface area contributed by atoms with Crippen LogP contribution in [0.5, 0.6) is 5.75 Å². The van der Waals surface area contributed by atoms with Gasteiger partial charge in [-0.25, -0.2) is 4.99 Å². The topological polar surface area (TPSA) is 60.6 Å². The molecule has 0 aliphatic carbocycles. The van der Waals surface area contributed by atoms with Crippen LogP contribution < -0.4 is 10.1 Å². The molecule has 0 fully saturated rings. The van der Waals surface area contributed by atoms with E-state index in [-0.39, 0.29) is 30.1 Å². The highest BCUT2D eigenvalue weighted by Gasteiger charge is 2.41. The zero-order valence-corrected chi connectivity index (χ0v) is 24.3. The van der Waals surface area contributed by atoms with Crippen LogP contribution in [0.1, 0.15) is 66.1 Å². The van der Waals surface area contributed by atoms with Crippen LogP contribution in [-0.2, 0) is 25.1 Å². The molecule has 4 rings (SSSR count). The summed E-state index contributed by atoms with van der Waals surface area (Å²) in [6.45, 7) is 4.96. The molecule has 1 heterocycles. The fourth-order valence-corrected chi connectivity index (χ4v) is 5.20. The summed E-state index contributed by atoms with van der Waals surface area (Å²) in [5, 5.41) is 11.6. The number of nitrogens with one attached hydrogen (secondary N) is 1. The molecule has 0 aromatic heterocycles. The lowest BCUT2D eigenvalue weighted by Gasteiger charge is -2.29. The van der Waals surface area contributed by atoms with Crippen molar-refractivity contribution < 1.29 is 44.3 Å². The third-order valence-electron chi connectivity index (χ3n) is 7.55. The van der Waals surface area contributed by atoms with Crippen molar-refractivity contribution in [3.05, 3.63) is 88.0 Å². The summed E-state index contributed by atoms with van der Waals surface area (Å²) < 4.78 is 129. The molecule has 2 unspecified atom stereocenters. The molecule has 0 radical (unpaired) electrons. The SMILES string of the molecule is COc1ccc(C(C)C)cc1-c1ccc(C(F)(F)F)cc1CN1C(NC#N)=NC(c2cc(C(F)(F)F)cc(C(F)(F)F)c2)C1C. The van der Waals surface area contributed by atoms with Gasteiger partial charge in [-0.1, -0.05) is 26.0 Å². The van der Waals surface area contributed by atoms with Gasteiger partial charge in [0, 0.05) is 12.1 Å². The Morgan fingerprint density at radius 1 is 0.844 bits per heavy atom.